The molecule has 0 aliphatic rings. The van der Waals surface area contributed by atoms with Gasteiger partial charge in [-0.1, -0.05) is 23.8 Å². The van der Waals surface area contributed by atoms with Crippen LogP contribution in [0.4, 0.5) is 0 Å². The Morgan fingerprint density at radius 1 is 1.50 bits per heavy atom. The van der Waals surface area contributed by atoms with E-state index in [1.165, 1.54) is 0 Å². The van der Waals surface area contributed by atoms with E-state index < -0.39 is 0 Å². The zero-order chi connectivity index (χ0) is 11.6. The molecule has 0 fully saturated rings. The molecule has 0 aliphatic heterocycles. The van der Waals surface area contributed by atoms with E-state index in [0.29, 0.717) is 13.0 Å². The molecule has 5 heteroatoms. The van der Waals surface area contributed by atoms with Gasteiger partial charge in [-0.25, -0.2) is 4.98 Å². The molecule has 3 nitrogen and oxygen atoms in total. The third-order valence-corrected chi connectivity index (χ3v) is 4.06. The molecule has 0 aromatic carbocycles. The first kappa shape index (κ1) is 13.4. The van der Waals surface area contributed by atoms with Gasteiger partial charge < -0.3 is 4.74 Å². The van der Waals surface area contributed by atoms with Crippen LogP contribution in [0.5, 0.6) is 0 Å². The molecule has 0 saturated heterocycles. The van der Waals surface area contributed by atoms with E-state index in [1.807, 2.05) is 18.2 Å². The maximum absolute atomic E-state index is 10.8. The average Bonchev–Trinajstić information content (AvgIpc) is 2.34. The predicted molar refractivity (Wildman–Crippen MR) is 68.4 cm³/mol. The van der Waals surface area contributed by atoms with Crippen LogP contribution in [0.2, 0.25) is 0 Å². The van der Waals surface area contributed by atoms with E-state index >= 15 is 0 Å². The lowest BCUT2D eigenvalue weighted by Gasteiger charge is -2.02. The van der Waals surface area contributed by atoms with Crippen LogP contribution < -0.4 is 0 Å². The van der Waals surface area contributed by atoms with Crippen molar-refractivity contribution in [1.82, 2.24) is 4.98 Å². The third-order valence-electron chi connectivity index (χ3n) is 1.71. The predicted octanol–water partition coefficient (Wildman–Crippen LogP) is 3.17. The third kappa shape index (κ3) is 6.02. The maximum atomic E-state index is 10.8. The van der Waals surface area contributed by atoms with Crippen LogP contribution in [0, 0.1) is 0 Å². The Labute approximate surface area is 104 Å². The van der Waals surface area contributed by atoms with Gasteiger partial charge in [-0.3, -0.25) is 4.79 Å². The first-order valence-electron chi connectivity index (χ1n) is 5.19. The number of esters is 1. The van der Waals surface area contributed by atoms with Gasteiger partial charge in [-0.2, -0.15) is 0 Å². The van der Waals surface area contributed by atoms with Gasteiger partial charge in [0, 0.05) is 18.4 Å². The number of aromatic nitrogens is 1. The van der Waals surface area contributed by atoms with Crippen LogP contribution in [0.1, 0.15) is 19.8 Å². The lowest BCUT2D eigenvalue weighted by atomic mass is 10.5. The molecular weight excluding hydrogens is 242 g/mol. The highest BCUT2D eigenvalue weighted by atomic mass is 33.1. The highest BCUT2D eigenvalue weighted by molar-refractivity contribution is 8.76. The molecule has 1 rings (SSSR count). The van der Waals surface area contributed by atoms with Crippen molar-refractivity contribution in [1.29, 1.82) is 0 Å². The average molecular weight is 257 g/mol. The molecule has 0 amide bonds. The number of carbonyl (C=O) groups excluding carboxylic acids is 1. The van der Waals surface area contributed by atoms with Crippen molar-refractivity contribution < 1.29 is 9.53 Å². The van der Waals surface area contributed by atoms with Crippen molar-refractivity contribution in [3.63, 3.8) is 0 Å². The van der Waals surface area contributed by atoms with Crippen molar-refractivity contribution in [3.8, 4) is 0 Å². The fourth-order valence-electron chi connectivity index (χ4n) is 0.904. The standard InChI is InChI=1S/C11H15NO2S2/c1-2-11(13)14-8-5-9-15-16-10-6-3-4-7-12-10/h3-4,6-7H,2,5,8-9H2,1H3. The van der Waals surface area contributed by atoms with Gasteiger partial charge in [0.05, 0.1) is 6.61 Å². The first-order chi connectivity index (χ1) is 7.83. The van der Waals surface area contributed by atoms with E-state index in [0.717, 1.165) is 17.2 Å². The molecule has 0 aliphatic carbocycles. The molecule has 0 radical (unpaired) electrons. The van der Waals surface area contributed by atoms with E-state index in [-0.39, 0.29) is 5.97 Å². The molecule has 0 bridgehead atoms. The highest BCUT2D eigenvalue weighted by Gasteiger charge is 1.98. The number of pyridine rings is 1. The summed E-state index contributed by atoms with van der Waals surface area (Å²) in [6.45, 7) is 2.32. The number of hydrogen-bond donors (Lipinski definition) is 0. The monoisotopic (exact) mass is 257 g/mol. The second kappa shape index (κ2) is 8.47. The van der Waals surface area contributed by atoms with Crippen LogP contribution in [0.15, 0.2) is 29.4 Å². The molecule has 0 N–H and O–H groups in total. The lowest BCUT2D eigenvalue weighted by molar-refractivity contribution is -0.143. The second-order valence-corrected chi connectivity index (χ2v) is 5.44. The number of carbonyl (C=O) groups is 1. The fraction of sp³-hybridized carbons (Fsp3) is 0.455. The largest absolute Gasteiger partial charge is 0.466 e. The molecule has 0 unspecified atom stereocenters. The summed E-state index contributed by atoms with van der Waals surface area (Å²) < 4.78 is 4.97. The lowest BCUT2D eigenvalue weighted by Crippen LogP contribution is -2.04. The summed E-state index contributed by atoms with van der Waals surface area (Å²) in [5, 5.41) is 1.01. The summed E-state index contributed by atoms with van der Waals surface area (Å²) in [6.07, 6.45) is 3.12. The molecule has 1 aromatic rings. The highest BCUT2D eigenvalue weighted by Crippen LogP contribution is 2.29. The van der Waals surface area contributed by atoms with E-state index in [4.69, 9.17) is 4.74 Å². The van der Waals surface area contributed by atoms with Crippen LogP contribution >= 0.6 is 21.6 Å². The minimum atomic E-state index is -0.123. The Hall–Kier alpha value is -0.680. The zero-order valence-electron chi connectivity index (χ0n) is 9.22. The summed E-state index contributed by atoms with van der Waals surface area (Å²) in [7, 11) is 3.38. The Balaban J connectivity index is 1.98. The van der Waals surface area contributed by atoms with Gasteiger partial charge in [0.1, 0.15) is 5.03 Å². The van der Waals surface area contributed by atoms with Crippen molar-refractivity contribution in [2.45, 2.75) is 24.8 Å². The van der Waals surface area contributed by atoms with Crippen molar-refractivity contribution in [3.05, 3.63) is 24.4 Å². The second-order valence-electron chi connectivity index (χ2n) is 3.00. The summed E-state index contributed by atoms with van der Waals surface area (Å²) in [5.41, 5.74) is 0. The van der Waals surface area contributed by atoms with Gasteiger partial charge in [-0.15, -0.1) is 0 Å². The molecule has 1 heterocycles. The molecule has 88 valence electrons. The van der Waals surface area contributed by atoms with Gasteiger partial charge in [0.2, 0.25) is 0 Å². The Morgan fingerprint density at radius 3 is 3.06 bits per heavy atom. The number of ether oxygens (including phenoxy) is 1. The Bertz CT molecular complexity index is 306. The summed E-state index contributed by atoms with van der Waals surface area (Å²) in [6, 6.07) is 5.85. The van der Waals surface area contributed by atoms with E-state index in [1.54, 1.807) is 34.7 Å². The van der Waals surface area contributed by atoms with Gasteiger partial charge >= 0.3 is 5.97 Å². The van der Waals surface area contributed by atoms with Gasteiger partial charge in [0.25, 0.3) is 0 Å². The van der Waals surface area contributed by atoms with Crippen molar-refractivity contribution in [2.75, 3.05) is 12.4 Å². The van der Waals surface area contributed by atoms with E-state index in [9.17, 15) is 4.79 Å². The molecule has 0 saturated carbocycles. The Morgan fingerprint density at radius 2 is 2.38 bits per heavy atom. The van der Waals surface area contributed by atoms with Gasteiger partial charge in [0.15, 0.2) is 0 Å². The molecular formula is C11H15NO2S2. The fourth-order valence-corrected chi connectivity index (χ4v) is 2.84. The molecule has 16 heavy (non-hydrogen) atoms. The summed E-state index contributed by atoms with van der Waals surface area (Å²) in [5.74, 6) is 0.834. The first-order valence-corrected chi connectivity index (χ1v) is 7.51. The van der Waals surface area contributed by atoms with Crippen molar-refractivity contribution >= 4 is 27.6 Å². The molecule has 1 aromatic heterocycles. The minimum Gasteiger partial charge on any atom is -0.466 e. The summed E-state index contributed by atoms with van der Waals surface area (Å²) >= 11 is 0. The van der Waals surface area contributed by atoms with Crippen LogP contribution in [-0.4, -0.2) is 23.3 Å². The van der Waals surface area contributed by atoms with Crippen molar-refractivity contribution in [2.24, 2.45) is 0 Å². The zero-order valence-corrected chi connectivity index (χ0v) is 10.9. The normalized spacial score (nSPS) is 10.1. The van der Waals surface area contributed by atoms with Gasteiger partial charge in [-0.05, 0) is 29.3 Å². The summed E-state index contributed by atoms with van der Waals surface area (Å²) in [4.78, 5) is 15.0. The van der Waals surface area contributed by atoms with E-state index in [2.05, 4.69) is 4.98 Å². The number of rotatable bonds is 7. The topological polar surface area (TPSA) is 39.2 Å². The maximum Gasteiger partial charge on any atom is 0.305 e. The quantitative estimate of drug-likeness (QED) is 0.426. The van der Waals surface area contributed by atoms with Crippen LogP contribution in [-0.2, 0) is 9.53 Å². The number of nitrogens with zero attached hydrogens (tertiary/aromatic N) is 1. The smallest absolute Gasteiger partial charge is 0.305 e. The molecule has 0 spiro atoms. The molecule has 0 atom stereocenters. The van der Waals surface area contributed by atoms with Crippen LogP contribution in [0.25, 0.3) is 0 Å². The SMILES string of the molecule is CCC(=O)OCCCSSc1ccccn1. The minimum absolute atomic E-state index is 0.123. The number of hydrogen-bond acceptors (Lipinski definition) is 5. The van der Waals surface area contributed by atoms with Crippen LogP contribution in [0.3, 0.4) is 0 Å². The Kier molecular flexibility index (Phi) is 7.09.